The number of rotatable bonds is 8. The Hall–Kier alpha value is -3.65. The van der Waals surface area contributed by atoms with Gasteiger partial charge in [-0.3, -0.25) is 9.59 Å². The van der Waals surface area contributed by atoms with E-state index in [0.29, 0.717) is 17.7 Å². The van der Waals surface area contributed by atoms with Crippen LogP contribution < -0.4 is 15.4 Å². The monoisotopic (exact) mass is 438 g/mol. The van der Waals surface area contributed by atoms with Gasteiger partial charge in [0.15, 0.2) is 0 Å². The van der Waals surface area contributed by atoms with Gasteiger partial charge in [-0.2, -0.15) is 0 Å². The van der Waals surface area contributed by atoms with Crippen molar-refractivity contribution in [2.24, 2.45) is 0 Å². The first-order valence-corrected chi connectivity index (χ1v) is 10.6. The number of anilines is 1. The Balaban J connectivity index is 1.56. The Labute approximate surface area is 184 Å². The molecule has 31 heavy (non-hydrogen) atoms. The van der Waals surface area contributed by atoms with Crippen molar-refractivity contribution in [1.29, 1.82) is 0 Å². The number of thiophene rings is 1. The number of carbonyl (C=O) groups is 3. The van der Waals surface area contributed by atoms with Crippen LogP contribution in [0.1, 0.15) is 27.7 Å². The molecule has 0 aliphatic rings. The lowest BCUT2D eigenvalue weighted by molar-refractivity contribution is -0.115. The third-order valence-electron chi connectivity index (χ3n) is 4.23. The third-order valence-corrected chi connectivity index (χ3v) is 5.10. The van der Waals surface area contributed by atoms with Crippen molar-refractivity contribution >= 4 is 35.0 Å². The van der Waals surface area contributed by atoms with E-state index in [1.54, 1.807) is 25.1 Å². The molecule has 2 N–H and O–H groups in total. The lowest BCUT2D eigenvalue weighted by Crippen LogP contribution is -2.24. The zero-order valence-electron chi connectivity index (χ0n) is 16.9. The van der Waals surface area contributed by atoms with E-state index < -0.39 is 6.16 Å². The molecular weight excluding hydrogens is 416 g/mol. The summed E-state index contributed by atoms with van der Waals surface area (Å²) in [6.07, 6.45) is -0.490. The van der Waals surface area contributed by atoms with E-state index >= 15 is 0 Å². The first-order valence-electron chi connectivity index (χ1n) is 9.68. The van der Waals surface area contributed by atoms with Gasteiger partial charge in [-0.15, -0.1) is 11.3 Å². The smallest absolute Gasteiger partial charge is 0.434 e. The zero-order chi connectivity index (χ0) is 22.1. The van der Waals surface area contributed by atoms with Gasteiger partial charge in [0.25, 0.3) is 5.91 Å². The summed E-state index contributed by atoms with van der Waals surface area (Å²) in [4.78, 5) is 37.1. The summed E-state index contributed by atoms with van der Waals surface area (Å²) in [6, 6.07) is 17.3. The Morgan fingerprint density at radius 3 is 2.45 bits per heavy atom. The van der Waals surface area contributed by atoms with Crippen LogP contribution in [-0.2, 0) is 22.5 Å². The summed E-state index contributed by atoms with van der Waals surface area (Å²) >= 11 is 1.53. The van der Waals surface area contributed by atoms with Gasteiger partial charge in [0, 0.05) is 22.7 Å². The summed E-state index contributed by atoms with van der Waals surface area (Å²) in [5, 5.41) is 7.67. The Kier molecular flexibility index (Phi) is 7.78. The summed E-state index contributed by atoms with van der Waals surface area (Å²) in [7, 11) is 0. The second kappa shape index (κ2) is 10.9. The van der Waals surface area contributed by atoms with Crippen LogP contribution in [-0.4, -0.2) is 24.6 Å². The van der Waals surface area contributed by atoms with E-state index in [1.807, 2.05) is 35.7 Å². The molecule has 0 bridgehead atoms. The zero-order valence-corrected chi connectivity index (χ0v) is 17.7. The van der Waals surface area contributed by atoms with Gasteiger partial charge in [-0.05, 0) is 54.3 Å². The lowest BCUT2D eigenvalue weighted by Gasteiger charge is -2.12. The second-order valence-corrected chi connectivity index (χ2v) is 7.49. The number of hydrogen-bond acceptors (Lipinski definition) is 6. The lowest BCUT2D eigenvalue weighted by atomic mass is 10.1. The fourth-order valence-corrected chi connectivity index (χ4v) is 3.46. The number of benzene rings is 2. The van der Waals surface area contributed by atoms with Crippen LogP contribution in [0.25, 0.3) is 0 Å². The molecule has 7 nitrogen and oxygen atoms in total. The van der Waals surface area contributed by atoms with Crippen LogP contribution in [0.15, 0.2) is 66.0 Å². The SMILES string of the molecule is CCOC(=O)Oc1ccc(C(=O)NCc2ccccc2NC(=O)Cc2cccs2)cc1. The second-order valence-electron chi connectivity index (χ2n) is 6.45. The van der Waals surface area contributed by atoms with Gasteiger partial charge >= 0.3 is 6.16 Å². The third kappa shape index (κ3) is 6.68. The van der Waals surface area contributed by atoms with E-state index in [9.17, 15) is 14.4 Å². The molecule has 3 aromatic rings. The van der Waals surface area contributed by atoms with E-state index in [4.69, 9.17) is 9.47 Å². The molecule has 0 saturated carbocycles. The summed E-state index contributed by atoms with van der Waals surface area (Å²) in [5.74, 6) is -0.116. The molecule has 160 valence electrons. The Morgan fingerprint density at radius 1 is 0.968 bits per heavy atom. The van der Waals surface area contributed by atoms with Crippen LogP contribution in [0.2, 0.25) is 0 Å². The number of para-hydroxylation sites is 1. The highest BCUT2D eigenvalue weighted by molar-refractivity contribution is 7.10. The number of nitrogens with one attached hydrogen (secondary N) is 2. The molecule has 1 aromatic heterocycles. The predicted molar refractivity (Wildman–Crippen MR) is 118 cm³/mol. The molecule has 3 rings (SSSR count). The molecule has 0 unspecified atom stereocenters. The van der Waals surface area contributed by atoms with E-state index in [-0.39, 0.29) is 30.7 Å². The minimum atomic E-state index is -0.794. The quantitative estimate of drug-likeness (QED) is 0.402. The minimum Gasteiger partial charge on any atom is -0.434 e. The first kappa shape index (κ1) is 22.0. The fourth-order valence-electron chi connectivity index (χ4n) is 2.76. The van der Waals surface area contributed by atoms with Gasteiger partial charge < -0.3 is 20.1 Å². The summed E-state index contributed by atoms with van der Waals surface area (Å²) in [6.45, 7) is 2.15. The molecule has 0 aliphatic carbocycles. The van der Waals surface area contributed by atoms with Crippen molar-refractivity contribution in [2.75, 3.05) is 11.9 Å². The van der Waals surface area contributed by atoms with Gasteiger partial charge in [-0.25, -0.2) is 4.79 Å². The van der Waals surface area contributed by atoms with Crippen LogP contribution in [0.3, 0.4) is 0 Å². The standard InChI is InChI=1S/C23H22N2O5S/c1-2-29-23(28)30-18-11-9-16(10-12-18)22(27)24-15-17-6-3-4-8-20(17)25-21(26)14-19-7-5-13-31-19/h3-13H,2,14-15H2,1H3,(H,24,27)(H,25,26). The minimum absolute atomic E-state index is 0.113. The molecule has 0 spiro atoms. The van der Waals surface area contributed by atoms with Crippen molar-refractivity contribution in [2.45, 2.75) is 19.9 Å². The Bertz CT molecular complexity index is 1030. The average Bonchev–Trinajstić information content (AvgIpc) is 3.26. The molecule has 1 heterocycles. The summed E-state index contributed by atoms with van der Waals surface area (Å²) < 4.78 is 9.69. The maximum Gasteiger partial charge on any atom is 0.513 e. The predicted octanol–water partition coefficient (Wildman–Crippen LogP) is 4.39. The maximum atomic E-state index is 12.5. The molecule has 0 saturated heterocycles. The van der Waals surface area contributed by atoms with Crippen molar-refractivity contribution in [3.8, 4) is 5.75 Å². The van der Waals surface area contributed by atoms with Crippen molar-refractivity contribution < 1.29 is 23.9 Å². The van der Waals surface area contributed by atoms with Crippen LogP contribution in [0.4, 0.5) is 10.5 Å². The van der Waals surface area contributed by atoms with Crippen molar-refractivity contribution in [3.63, 3.8) is 0 Å². The number of ether oxygens (including phenoxy) is 2. The molecular formula is C23H22N2O5S. The van der Waals surface area contributed by atoms with Crippen LogP contribution in [0.5, 0.6) is 5.75 Å². The van der Waals surface area contributed by atoms with Crippen molar-refractivity contribution in [1.82, 2.24) is 5.32 Å². The van der Waals surface area contributed by atoms with E-state index in [1.165, 1.54) is 23.5 Å². The van der Waals surface area contributed by atoms with Crippen LogP contribution >= 0.6 is 11.3 Å². The molecule has 2 amide bonds. The molecule has 8 heteroatoms. The molecule has 2 aromatic carbocycles. The highest BCUT2D eigenvalue weighted by Gasteiger charge is 2.11. The van der Waals surface area contributed by atoms with Crippen LogP contribution in [0, 0.1) is 0 Å². The number of carbonyl (C=O) groups excluding carboxylic acids is 3. The molecule has 0 radical (unpaired) electrons. The fraction of sp³-hybridized carbons (Fsp3) is 0.174. The van der Waals surface area contributed by atoms with Gasteiger partial charge in [0.2, 0.25) is 5.91 Å². The average molecular weight is 439 g/mol. The first-order chi connectivity index (χ1) is 15.0. The molecule has 0 fully saturated rings. The van der Waals surface area contributed by atoms with Gasteiger partial charge in [0.1, 0.15) is 5.75 Å². The van der Waals surface area contributed by atoms with E-state index in [2.05, 4.69) is 10.6 Å². The summed E-state index contributed by atoms with van der Waals surface area (Å²) in [5.41, 5.74) is 1.86. The van der Waals surface area contributed by atoms with E-state index in [0.717, 1.165) is 10.4 Å². The largest absolute Gasteiger partial charge is 0.513 e. The van der Waals surface area contributed by atoms with Gasteiger partial charge in [0.05, 0.1) is 13.0 Å². The van der Waals surface area contributed by atoms with Crippen molar-refractivity contribution in [3.05, 3.63) is 82.0 Å². The van der Waals surface area contributed by atoms with Gasteiger partial charge in [-0.1, -0.05) is 24.3 Å². The number of amides is 2. The molecule has 0 aliphatic heterocycles. The highest BCUT2D eigenvalue weighted by atomic mass is 32.1. The normalized spacial score (nSPS) is 10.2. The molecule has 0 atom stereocenters. The maximum absolute atomic E-state index is 12.5. The Morgan fingerprint density at radius 2 is 1.74 bits per heavy atom. The number of hydrogen-bond donors (Lipinski definition) is 2. The highest BCUT2D eigenvalue weighted by Crippen LogP contribution is 2.17. The topological polar surface area (TPSA) is 93.7 Å².